The summed E-state index contributed by atoms with van der Waals surface area (Å²) in [4.78, 5) is 0. The molecule has 2 N–H and O–H groups in total. The number of halogens is 1. The first-order valence-electron chi connectivity index (χ1n) is 6.64. The summed E-state index contributed by atoms with van der Waals surface area (Å²) in [5.41, 5.74) is 3.02. The Bertz CT molecular complexity index is 794. The highest BCUT2D eigenvalue weighted by Crippen LogP contribution is 2.23. The van der Waals surface area contributed by atoms with Crippen LogP contribution in [0.5, 0.6) is 0 Å². The second kappa shape index (κ2) is 5.99. The predicted molar refractivity (Wildman–Crippen MR) is 87.0 cm³/mol. The first-order valence-corrected chi connectivity index (χ1v) is 7.02. The van der Waals surface area contributed by atoms with Crippen LogP contribution in [0.15, 0.2) is 52.9 Å². The van der Waals surface area contributed by atoms with Crippen molar-refractivity contribution in [2.24, 2.45) is 0 Å². The molecule has 0 saturated carbocycles. The highest BCUT2D eigenvalue weighted by Gasteiger charge is 2.08. The molecule has 1 aromatic heterocycles. The summed E-state index contributed by atoms with van der Waals surface area (Å²) in [6.07, 6.45) is 0. The minimum absolute atomic E-state index is 0.310. The van der Waals surface area contributed by atoms with Gasteiger partial charge in [-0.2, -0.15) is 0 Å². The van der Waals surface area contributed by atoms with Gasteiger partial charge >= 0.3 is 6.01 Å². The molecule has 0 aliphatic rings. The maximum Gasteiger partial charge on any atom is 0.320 e. The number of anilines is 2. The Kier molecular flexibility index (Phi) is 3.89. The van der Waals surface area contributed by atoms with Crippen molar-refractivity contribution in [3.8, 4) is 11.5 Å². The van der Waals surface area contributed by atoms with Gasteiger partial charge in [0.15, 0.2) is 0 Å². The minimum atomic E-state index is 0.310. The summed E-state index contributed by atoms with van der Waals surface area (Å²) in [6, 6.07) is 14.9. The average Bonchev–Trinajstić information content (AvgIpc) is 2.97. The smallest absolute Gasteiger partial charge is 0.320 e. The van der Waals surface area contributed by atoms with Gasteiger partial charge < -0.3 is 15.1 Å². The van der Waals surface area contributed by atoms with Crippen molar-refractivity contribution in [1.29, 1.82) is 5.41 Å². The maximum atomic E-state index is 7.57. The van der Waals surface area contributed by atoms with Crippen molar-refractivity contribution in [3.63, 3.8) is 0 Å². The van der Waals surface area contributed by atoms with E-state index < -0.39 is 0 Å². The summed E-state index contributed by atoms with van der Waals surface area (Å²) in [5.74, 6) is 0.422. The number of hydrogen-bond acceptors (Lipinski definition) is 5. The van der Waals surface area contributed by atoms with E-state index in [1.54, 1.807) is 19.1 Å². The molecule has 0 amide bonds. The third-order valence-electron chi connectivity index (χ3n) is 3.09. The molecule has 0 spiro atoms. The molecule has 6 heteroatoms. The molecular weight excluding hydrogens is 300 g/mol. The van der Waals surface area contributed by atoms with E-state index in [1.165, 1.54) is 0 Å². The summed E-state index contributed by atoms with van der Waals surface area (Å²) in [7, 11) is 0. The number of benzene rings is 2. The van der Waals surface area contributed by atoms with Crippen molar-refractivity contribution in [3.05, 3.63) is 59.1 Å². The molecule has 5 nitrogen and oxygen atoms in total. The van der Waals surface area contributed by atoms with Crippen LogP contribution in [0.3, 0.4) is 0 Å². The Morgan fingerprint density at radius 3 is 2.36 bits per heavy atom. The van der Waals surface area contributed by atoms with Crippen LogP contribution < -0.4 is 5.32 Å². The normalized spacial score (nSPS) is 10.5. The van der Waals surface area contributed by atoms with Crippen molar-refractivity contribution >= 4 is 29.0 Å². The monoisotopic (exact) mass is 312 g/mol. The number of nitrogens with one attached hydrogen (secondary N) is 2. The lowest BCUT2D eigenvalue weighted by molar-refractivity contribution is 0.587. The molecule has 0 radical (unpaired) electrons. The van der Waals surface area contributed by atoms with Gasteiger partial charge in [-0.15, -0.1) is 5.10 Å². The lowest BCUT2D eigenvalue weighted by Crippen LogP contribution is -1.94. The summed E-state index contributed by atoms with van der Waals surface area (Å²) in [6.45, 7) is 1.75. The van der Waals surface area contributed by atoms with Gasteiger partial charge in [-0.3, -0.25) is 0 Å². The zero-order chi connectivity index (χ0) is 15.5. The Hall–Kier alpha value is -2.66. The van der Waals surface area contributed by atoms with Crippen LogP contribution in [0.1, 0.15) is 12.5 Å². The SMILES string of the molecule is CC(=N)c1ccc(Nc2nnc(-c3ccc(Cl)cc3)o2)cc1. The van der Waals surface area contributed by atoms with E-state index in [2.05, 4.69) is 15.5 Å². The second-order valence-electron chi connectivity index (χ2n) is 4.75. The summed E-state index contributed by atoms with van der Waals surface area (Å²) in [5, 5.41) is 19.2. The highest BCUT2D eigenvalue weighted by atomic mass is 35.5. The zero-order valence-corrected chi connectivity index (χ0v) is 12.6. The van der Waals surface area contributed by atoms with E-state index in [0.29, 0.717) is 22.6 Å². The quantitative estimate of drug-likeness (QED) is 0.694. The van der Waals surface area contributed by atoms with Gasteiger partial charge in [0.1, 0.15) is 0 Å². The van der Waals surface area contributed by atoms with Gasteiger partial charge in [0.05, 0.1) is 0 Å². The molecule has 110 valence electrons. The minimum Gasteiger partial charge on any atom is -0.403 e. The van der Waals surface area contributed by atoms with Crippen LogP contribution in [-0.4, -0.2) is 15.9 Å². The molecule has 0 saturated heterocycles. The first kappa shape index (κ1) is 14.3. The fraction of sp³-hybridized carbons (Fsp3) is 0.0625. The van der Waals surface area contributed by atoms with Crippen LogP contribution in [0.2, 0.25) is 5.02 Å². The molecule has 22 heavy (non-hydrogen) atoms. The predicted octanol–water partition coefficient (Wildman–Crippen LogP) is 4.52. The van der Waals surface area contributed by atoms with E-state index in [9.17, 15) is 0 Å². The number of aromatic nitrogens is 2. The third-order valence-corrected chi connectivity index (χ3v) is 3.34. The molecule has 3 rings (SSSR count). The van der Waals surface area contributed by atoms with Crippen molar-refractivity contribution < 1.29 is 4.42 Å². The topological polar surface area (TPSA) is 74.8 Å². The molecule has 0 fully saturated rings. The maximum absolute atomic E-state index is 7.57. The Labute approximate surface area is 132 Å². The van der Waals surface area contributed by atoms with Crippen molar-refractivity contribution in [1.82, 2.24) is 10.2 Å². The van der Waals surface area contributed by atoms with Gasteiger partial charge in [0, 0.05) is 22.0 Å². The van der Waals surface area contributed by atoms with E-state index in [4.69, 9.17) is 21.4 Å². The number of rotatable bonds is 4. The average molecular weight is 313 g/mol. The van der Waals surface area contributed by atoms with Gasteiger partial charge in [-0.25, -0.2) is 0 Å². The largest absolute Gasteiger partial charge is 0.403 e. The Morgan fingerprint density at radius 2 is 1.73 bits per heavy atom. The molecule has 0 aliphatic carbocycles. The zero-order valence-electron chi connectivity index (χ0n) is 11.8. The van der Waals surface area contributed by atoms with Gasteiger partial charge in [-0.05, 0) is 48.9 Å². The van der Waals surface area contributed by atoms with E-state index in [1.807, 2.05) is 36.4 Å². The van der Waals surface area contributed by atoms with Crippen LogP contribution >= 0.6 is 11.6 Å². The molecule has 0 atom stereocenters. The molecule has 0 aliphatic heterocycles. The van der Waals surface area contributed by atoms with Gasteiger partial charge in [0.2, 0.25) is 5.89 Å². The Morgan fingerprint density at radius 1 is 1.05 bits per heavy atom. The molecule has 1 heterocycles. The Balaban J connectivity index is 1.76. The third kappa shape index (κ3) is 3.15. The molecule has 2 aromatic carbocycles. The van der Waals surface area contributed by atoms with Crippen molar-refractivity contribution in [2.75, 3.05) is 5.32 Å². The standard InChI is InChI=1S/C16H13ClN4O/c1-10(18)11-4-8-14(9-5-11)19-16-21-20-15(22-16)12-2-6-13(17)7-3-12/h2-9,18H,1H3,(H,19,21). The second-order valence-corrected chi connectivity index (χ2v) is 5.18. The fourth-order valence-electron chi connectivity index (χ4n) is 1.91. The van der Waals surface area contributed by atoms with Crippen LogP contribution in [0.25, 0.3) is 11.5 Å². The van der Waals surface area contributed by atoms with Gasteiger partial charge in [-0.1, -0.05) is 28.8 Å². The lowest BCUT2D eigenvalue weighted by atomic mass is 10.1. The van der Waals surface area contributed by atoms with E-state index in [0.717, 1.165) is 16.8 Å². The summed E-state index contributed by atoms with van der Waals surface area (Å²) < 4.78 is 5.57. The van der Waals surface area contributed by atoms with Crippen LogP contribution in [0.4, 0.5) is 11.7 Å². The van der Waals surface area contributed by atoms with Crippen LogP contribution in [0, 0.1) is 5.41 Å². The van der Waals surface area contributed by atoms with E-state index in [-0.39, 0.29) is 0 Å². The fourth-order valence-corrected chi connectivity index (χ4v) is 2.04. The highest BCUT2D eigenvalue weighted by molar-refractivity contribution is 6.30. The van der Waals surface area contributed by atoms with Crippen LogP contribution in [-0.2, 0) is 0 Å². The lowest BCUT2D eigenvalue weighted by Gasteiger charge is -2.02. The van der Waals surface area contributed by atoms with Gasteiger partial charge in [0.25, 0.3) is 0 Å². The van der Waals surface area contributed by atoms with Crippen molar-refractivity contribution in [2.45, 2.75) is 6.92 Å². The summed E-state index contributed by atoms with van der Waals surface area (Å²) >= 11 is 5.85. The molecule has 3 aromatic rings. The number of nitrogens with zero attached hydrogens (tertiary/aromatic N) is 2. The number of hydrogen-bond donors (Lipinski definition) is 2. The molecule has 0 unspecified atom stereocenters. The molecular formula is C16H13ClN4O. The molecule has 0 bridgehead atoms. The van der Waals surface area contributed by atoms with E-state index >= 15 is 0 Å². The first-order chi connectivity index (χ1) is 10.6.